The second-order valence-corrected chi connectivity index (χ2v) is 10.6. The van der Waals surface area contributed by atoms with Gasteiger partial charge in [-0.15, -0.1) is 0 Å². The summed E-state index contributed by atoms with van der Waals surface area (Å²) >= 11 is 0. The van der Waals surface area contributed by atoms with Crippen LogP contribution in [0.25, 0.3) is 35.4 Å². The molecule has 184 valence electrons. The molecule has 4 rings (SSSR count). The first-order chi connectivity index (χ1) is 17.1. The van der Waals surface area contributed by atoms with Crippen molar-refractivity contribution in [3.8, 4) is 11.1 Å². The third-order valence-electron chi connectivity index (χ3n) is 5.49. The van der Waals surface area contributed by atoms with Gasteiger partial charge in [0.25, 0.3) is 20.2 Å². The second kappa shape index (κ2) is 14.0. The van der Waals surface area contributed by atoms with Crippen molar-refractivity contribution in [2.75, 3.05) is 0 Å². The number of rotatable bonds is 7. The van der Waals surface area contributed by atoms with Gasteiger partial charge in [-0.2, -0.15) is 16.8 Å². The Bertz CT molecular complexity index is 1680. The number of hydrogen-bond donors (Lipinski definition) is 2. The summed E-state index contributed by atoms with van der Waals surface area (Å²) in [6, 6.07) is 27.4. The molecule has 38 heavy (non-hydrogen) atoms. The van der Waals surface area contributed by atoms with Gasteiger partial charge in [-0.3, -0.25) is 9.11 Å². The minimum atomic E-state index is -4.42. The van der Waals surface area contributed by atoms with Crippen LogP contribution >= 0.6 is 0 Å². The predicted octanol–water partition coefficient (Wildman–Crippen LogP) is 5.43. The fourth-order valence-corrected chi connectivity index (χ4v) is 5.21. The molecule has 10 heteroatoms. The van der Waals surface area contributed by atoms with Gasteiger partial charge in [-0.25, -0.2) is 0 Å². The normalized spacial score (nSPS) is 11.7. The largest absolute Gasteiger partial charge is 0.295 e. The Hall–Kier alpha value is -1.82. The van der Waals surface area contributed by atoms with Crippen LogP contribution in [0.15, 0.2) is 107 Å². The smallest absolute Gasteiger partial charge is 0.282 e. The van der Waals surface area contributed by atoms with Crippen LogP contribution in [0.3, 0.4) is 0 Å². The average molecular weight is 565 g/mol. The van der Waals surface area contributed by atoms with Gasteiger partial charge < -0.3 is 0 Å². The van der Waals surface area contributed by atoms with E-state index in [-0.39, 0.29) is 68.9 Å². The molecule has 0 aliphatic rings. The maximum absolute atomic E-state index is 11.8. The first-order valence-electron chi connectivity index (χ1n) is 10.8. The molecule has 0 saturated carbocycles. The van der Waals surface area contributed by atoms with Gasteiger partial charge in [0.1, 0.15) is 9.79 Å². The zero-order valence-corrected chi connectivity index (χ0v) is 26.5. The van der Waals surface area contributed by atoms with Crippen LogP contribution in [0.5, 0.6) is 0 Å². The predicted molar refractivity (Wildman–Crippen MR) is 154 cm³/mol. The third-order valence-corrected chi connectivity index (χ3v) is 7.35. The SMILES string of the molecule is O=S(=O)(O)c1ccccc1C=Cc1cccc(-c2ccccc2)c1C=Cc1ccccc1S(=O)(=O)O.[Na].[Na]. The quantitative estimate of drug-likeness (QED) is 0.176. The fraction of sp³-hybridized carbons (Fsp3) is 0. The minimum absolute atomic E-state index is 0. The molecular formula is C28H22Na2O6S2. The Morgan fingerprint density at radius 2 is 0.895 bits per heavy atom. The van der Waals surface area contributed by atoms with Gasteiger partial charge >= 0.3 is 0 Å². The summed E-state index contributed by atoms with van der Waals surface area (Å²) < 4.78 is 66.4. The molecule has 0 fully saturated rings. The van der Waals surface area contributed by atoms with E-state index in [0.29, 0.717) is 11.1 Å². The molecule has 0 atom stereocenters. The molecule has 0 saturated heterocycles. The summed E-state index contributed by atoms with van der Waals surface area (Å²) in [6.07, 6.45) is 6.68. The van der Waals surface area contributed by atoms with Crippen LogP contribution in [-0.2, 0) is 20.2 Å². The molecule has 0 aliphatic heterocycles. The molecule has 0 amide bonds. The van der Waals surface area contributed by atoms with Crippen LogP contribution in [-0.4, -0.2) is 85.1 Å². The monoisotopic (exact) mass is 564 g/mol. The Balaban J connectivity index is 0.00000253. The molecule has 2 N–H and O–H groups in total. The maximum atomic E-state index is 11.8. The third kappa shape index (κ3) is 8.09. The van der Waals surface area contributed by atoms with Crippen LogP contribution in [0, 0.1) is 0 Å². The first-order valence-corrected chi connectivity index (χ1v) is 13.7. The van der Waals surface area contributed by atoms with Crippen molar-refractivity contribution in [2.24, 2.45) is 0 Å². The van der Waals surface area contributed by atoms with Crippen molar-refractivity contribution < 1.29 is 25.9 Å². The number of benzene rings is 4. The van der Waals surface area contributed by atoms with Gasteiger partial charge in [0.15, 0.2) is 0 Å². The summed E-state index contributed by atoms with van der Waals surface area (Å²) in [7, 11) is -8.83. The summed E-state index contributed by atoms with van der Waals surface area (Å²) in [4.78, 5) is -0.419. The van der Waals surface area contributed by atoms with Gasteiger partial charge in [0, 0.05) is 59.1 Å². The molecule has 2 radical (unpaired) electrons. The summed E-state index contributed by atoms with van der Waals surface area (Å²) in [6.45, 7) is 0. The second-order valence-electron chi connectivity index (χ2n) is 7.87. The molecular weight excluding hydrogens is 542 g/mol. The Morgan fingerprint density at radius 1 is 0.474 bits per heavy atom. The molecule has 4 aromatic carbocycles. The molecule has 0 bridgehead atoms. The zero-order valence-electron chi connectivity index (χ0n) is 20.9. The van der Waals surface area contributed by atoms with Crippen LogP contribution in [0.4, 0.5) is 0 Å². The van der Waals surface area contributed by atoms with Gasteiger partial charge in [0.05, 0.1) is 0 Å². The summed E-state index contributed by atoms with van der Waals surface area (Å²) in [5.41, 5.74) is 3.89. The van der Waals surface area contributed by atoms with E-state index < -0.39 is 20.2 Å². The molecule has 0 heterocycles. The van der Waals surface area contributed by atoms with Gasteiger partial charge in [-0.05, 0) is 45.5 Å². The van der Waals surface area contributed by atoms with Crippen molar-refractivity contribution >= 4 is 104 Å². The van der Waals surface area contributed by atoms with E-state index in [0.717, 1.165) is 22.3 Å². The van der Waals surface area contributed by atoms with E-state index >= 15 is 0 Å². The zero-order chi connectivity index (χ0) is 25.8. The Labute approximate surface area is 267 Å². The number of hydrogen-bond acceptors (Lipinski definition) is 4. The van der Waals surface area contributed by atoms with Gasteiger partial charge in [-0.1, -0.05) is 109 Å². The average Bonchev–Trinajstić information content (AvgIpc) is 2.86. The van der Waals surface area contributed by atoms with E-state index in [4.69, 9.17) is 0 Å². The summed E-state index contributed by atoms with van der Waals surface area (Å²) in [5.74, 6) is 0. The molecule has 0 spiro atoms. The first kappa shape index (κ1) is 32.4. The van der Waals surface area contributed by atoms with Crippen molar-refractivity contribution in [1.82, 2.24) is 0 Å². The topological polar surface area (TPSA) is 109 Å². The van der Waals surface area contributed by atoms with Crippen LogP contribution in [0.1, 0.15) is 22.3 Å². The van der Waals surface area contributed by atoms with Crippen LogP contribution in [0.2, 0.25) is 0 Å². The minimum Gasteiger partial charge on any atom is -0.282 e. The van der Waals surface area contributed by atoms with E-state index in [1.165, 1.54) is 24.3 Å². The molecule has 4 aromatic rings. The van der Waals surface area contributed by atoms with E-state index in [9.17, 15) is 25.9 Å². The van der Waals surface area contributed by atoms with Gasteiger partial charge in [0.2, 0.25) is 0 Å². The van der Waals surface area contributed by atoms with E-state index in [1.54, 1.807) is 48.6 Å². The van der Waals surface area contributed by atoms with E-state index in [1.807, 2.05) is 48.5 Å². The van der Waals surface area contributed by atoms with Crippen molar-refractivity contribution in [3.05, 3.63) is 119 Å². The summed E-state index contributed by atoms with van der Waals surface area (Å²) in [5, 5.41) is 0. The van der Waals surface area contributed by atoms with Crippen molar-refractivity contribution in [2.45, 2.75) is 9.79 Å². The van der Waals surface area contributed by atoms with Crippen LogP contribution < -0.4 is 0 Å². The maximum Gasteiger partial charge on any atom is 0.295 e. The standard InChI is InChI=1S/C28H22O6S2.2Na/c29-35(30,31)27-15-6-4-11-23(27)18-17-22-13-8-14-25(21-9-2-1-3-10-21)26(22)20-19-24-12-5-7-16-28(24)36(32,33)34;;/h1-20H,(H,29,30,31)(H,32,33,34);;. The Morgan fingerprint density at radius 3 is 1.42 bits per heavy atom. The molecule has 0 aromatic heterocycles. The molecule has 6 nitrogen and oxygen atoms in total. The van der Waals surface area contributed by atoms with Crippen molar-refractivity contribution in [1.29, 1.82) is 0 Å². The molecule has 0 unspecified atom stereocenters. The van der Waals surface area contributed by atoms with E-state index in [2.05, 4.69) is 0 Å². The molecule has 0 aliphatic carbocycles. The van der Waals surface area contributed by atoms with Crippen molar-refractivity contribution in [3.63, 3.8) is 0 Å². The fourth-order valence-electron chi connectivity index (χ4n) is 3.84. The Kier molecular flexibility index (Phi) is 11.9.